The number of carbonyl (C=O) groups excluding carboxylic acids is 1. The Bertz CT molecular complexity index is 610. The number of alkyl halides is 3. The van der Waals surface area contributed by atoms with Crippen LogP contribution in [0.3, 0.4) is 0 Å². The van der Waals surface area contributed by atoms with Crippen molar-refractivity contribution >= 4 is 11.9 Å². The number of benzene rings is 1. The second kappa shape index (κ2) is 7.66. The molecule has 0 spiro atoms. The van der Waals surface area contributed by atoms with Crippen LogP contribution < -0.4 is 15.4 Å². The zero-order valence-electron chi connectivity index (χ0n) is 12.9. The molecule has 1 aromatic rings. The van der Waals surface area contributed by atoms with Gasteiger partial charge in [-0.05, 0) is 39.0 Å². The molecule has 0 radical (unpaired) electrons. The molecule has 0 saturated heterocycles. The highest BCUT2D eigenvalue weighted by Crippen LogP contribution is 2.31. The molecule has 0 saturated carbocycles. The molecule has 0 bridgehead atoms. The lowest BCUT2D eigenvalue weighted by atomic mass is 10.2. The van der Waals surface area contributed by atoms with Crippen LogP contribution in [0.15, 0.2) is 36.0 Å². The number of hydrogen-bond donors (Lipinski definition) is 3. The molecule has 23 heavy (non-hydrogen) atoms. The first kappa shape index (κ1) is 18.5. The molecule has 3 N–H and O–H groups in total. The zero-order valence-corrected chi connectivity index (χ0v) is 12.9. The first-order valence-electron chi connectivity index (χ1n) is 6.77. The van der Waals surface area contributed by atoms with E-state index < -0.39 is 23.7 Å². The van der Waals surface area contributed by atoms with E-state index in [2.05, 4.69) is 10.6 Å². The number of halogens is 3. The maximum atomic E-state index is 12.6. The van der Waals surface area contributed by atoms with E-state index in [1.807, 2.05) is 0 Å². The SMILES string of the molecule is C/C(=C/C(=N)Oc1cccc(C(F)(F)F)c1)NC(=O)NC(C)C. The Morgan fingerprint density at radius 3 is 2.57 bits per heavy atom. The van der Waals surface area contributed by atoms with Gasteiger partial charge >= 0.3 is 12.2 Å². The summed E-state index contributed by atoms with van der Waals surface area (Å²) in [4.78, 5) is 11.5. The third-order valence-corrected chi connectivity index (χ3v) is 2.47. The second-order valence-corrected chi connectivity index (χ2v) is 5.07. The third-order valence-electron chi connectivity index (χ3n) is 2.47. The monoisotopic (exact) mass is 329 g/mol. The minimum Gasteiger partial charge on any atom is -0.440 e. The van der Waals surface area contributed by atoms with E-state index in [-0.39, 0.29) is 11.8 Å². The summed E-state index contributed by atoms with van der Waals surface area (Å²) in [6.07, 6.45) is -3.29. The molecule has 0 aliphatic heterocycles. The van der Waals surface area contributed by atoms with E-state index in [1.165, 1.54) is 25.1 Å². The number of amides is 2. The molecule has 0 fully saturated rings. The predicted molar refractivity (Wildman–Crippen MR) is 80.4 cm³/mol. The van der Waals surface area contributed by atoms with Gasteiger partial charge in [0.2, 0.25) is 5.90 Å². The summed E-state index contributed by atoms with van der Waals surface area (Å²) < 4.78 is 42.8. The average molecular weight is 329 g/mol. The summed E-state index contributed by atoms with van der Waals surface area (Å²) in [5.74, 6) is -0.507. The highest BCUT2D eigenvalue weighted by atomic mass is 19.4. The Balaban J connectivity index is 2.69. The molecule has 1 rings (SSSR count). The molecule has 0 aromatic heterocycles. The van der Waals surface area contributed by atoms with E-state index in [1.54, 1.807) is 13.8 Å². The van der Waals surface area contributed by atoms with Gasteiger partial charge in [-0.1, -0.05) is 6.07 Å². The van der Waals surface area contributed by atoms with E-state index in [9.17, 15) is 18.0 Å². The summed E-state index contributed by atoms with van der Waals surface area (Å²) in [6, 6.07) is 3.72. The summed E-state index contributed by atoms with van der Waals surface area (Å²) in [5.41, 5.74) is -0.543. The number of carbonyl (C=O) groups is 1. The molecule has 0 heterocycles. The zero-order chi connectivity index (χ0) is 17.6. The van der Waals surface area contributed by atoms with Crippen LogP contribution in [-0.2, 0) is 6.18 Å². The number of allylic oxidation sites excluding steroid dienone is 1. The van der Waals surface area contributed by atoms with E-state index in [0.29, 0.717) is 5.70 Å². The Hall–Kier alpha value is -2.51. The van der Waals surface area contributed by atoms with E-state index >= 15 is 0 Å². The lowest BCUT2D eigenvalue weighted by molar-refractivity contribution is -0.137. The molecular formula is C15H18F3N3O2. The van der Waals surface area contributed by atoms with Crippen LogP contribution >= 0.6 is 0 Å². The number of hydrogen-bond acceptors (Lipinski definition) is 3. The molecule has 0 aliphatic carbocycles. The van der Waals surface area contributed by atoms with Gasteiger partial charge in [0.25, 0.3) is 0 Å². The van der Waals surface area contributed by atoms with Crippen LogP contribution in [0.25, 0.3) is 0 Å². The number of urea groups is 1. The van der Waals surface area contributed by atoms with Gasteiger partial charge in [-0.25, -0.2) is 4.79 Å². The summed E-state index contributed by atoms with van der Waals surface area (Å²) in [7, 11) is 0. The van der Waals surface area contributed by atoms with Gasteiger partial charge < -0.3 is 15.4 Å². The van der Waals surface area contributed by atoms with Gasteiger partial charge in [0.15, 0.2) is 0 Å². The number of ether oxygens (including phenoxy) is 1. The highest BCUT2D eigenvalue weighted by Gasteiger charge is 2.30. The van der Waals surface area contributed by atoms with Crippen molar-refractivity contribution in [3.63, 3.8) is 0 Å². The molecule has 5 nitrogen and oxygen atoms in total. The topological polar surface area (TPSA) is 74.2 Å². The average Bonchev–Trinajstić information content (AvgIpc) is 2.36. The second-order valence-electron chi connectivity index (χ2n) is 5.07. The largest absolute Gasteiger partial charge is 0.440 e. The van der Waals surface area contributed by atoms with Gasteiger partial charge in [-0.2, -0.15) is 13.2 Å². The van der Waals surface area contributed by atoms with Crippen LogP contribution in [0.1, 0.15) is 26.3 Å². The van der Waals surface area contributed by atoms with Crippen LogP contribution in [0.5, 0.6) is 5.75 Å². The summed E-state index contributed by atoms with van der Waals surface area (Å²) in [6.45, 7) is 5.11. The van der Waals surface area contributed by atoms with Crippen LogP contribution in [0.4, 0.5) is 18.0 Å². The van der Waals surface area contributed by atoms with Crippen LogP contribution in [-0.4, -0.2) is 18.0 Å². The first-order chi connectivity index (χ1) is 10.6. The molecule has 0 aliphatic rings. The quantitative estimate of drug-likeness (QED) is 0.582. The maximum Gasteiger partial charge on any atom is 0.416 e. The molecule has 8 heteroatoms. The van der Waals surface area contributed by atoms with Crippen molar-refractivity contribution in [1.29, 1.82) is 5.41 Å². The Morgan fingerprint density at radius 2 is 2.00 bits per heavy atom. The Kier molecular flexibility index (Phi) is 6.18. The van der Waals surface area contributed by atoms with Crippen molar-refractivity contribution in [1.82, 2.24) is 10.6 Å². The number of rotatable bonds is 4. The highest BCUT2D eigenvalue weighted by molar-refractivity contribution is 5.88. The minimum absolute atomic E-state index is 0.0522. The van der Waals surface area contributed by atoms with Crippen molar-refractivity contribution in [2.75, 3.05) is 0 Å². The van der Waals surface area contributed by atoms with Gasteiger partial charge in [0.05, 0.1) is 5.56 Å². The van der Waals surface area contributed by atoms with E-state index in [4.69, 9.17) is 10.1 Å². The summed E-state index contributed by atoms with van der Waals surface area (Å²) >= 11 is 0. The fourth-order valence-corrected chi connectivity index (χ4v) is 1.60. The van der Waals surface area contributed by atoms with Gasteiger partial charge in [-0.3, -0.25) is 5.41 Å². The smallest absolute Gasteiger partial charge is 0.416 e. The van der Waals surface area contributed by atoms with Crippen molar-refractivity contribution in [3.05, 3.63) is 41.6 Å². The molecule has 0 unspecified atom stereocenters. The molecule has 2 amide bonds. The maximum absolute atomic E-state index is 12.6. The predicted octanol–water partition coefficient (Wildman–Crippen LogP) is 3.67. The molecule has 0 atom stereocenters. The van der Waals surface area contributed by atoms with Crippen LogP contribution in [0, 0.1) is 5.41 Å². The molecule has 1 aromatic carbocycles. The van der Waals surface area contributed by atoms with Crippen molar-refractivity contribution in [3.8, 4) is 5.75 Å². The van der Waals surface area contributed by atoms with Gasteiger partial charge in [0, 0.05) is 17.8 Å². The Morgan fingerprint density at radius 1 is 1.35 bits per heavy atom. The fraction of sp³-hybridized carbons (Fsp3) is 0.333. The fourth-order valence-electron chi connectivity index (χ4n) is 1.60. The van der Waals surface area contributed by atoms with Crippen LogP contribution in [0.2, 0.25) is 0 Å². The lowest BCUT2D eigenvalue weighted by Crippen LogP contribution is -2.38. The summed E-state index contributed by atoms with van der Waals surface area (Å²) in [5, 5.41) is 12.7. The molecular weight excluding hydrogens is 311 g/mol. The molecule has 126 valence electrons. The van der Waals surface area contributed by atoms with E-state index in [0.717, 1.165) is 12.1 Å². The van der Waals surface area contributed by atoms with Crippen molar-refractivity contribution in [2.45, 2.75) is 33.0 Å². The third kappa shape index (κ3) is 6.86. The van der Waals surface area contributed by atoms with Gasteiger partial charge in [-0.15, -0.1) is 0 Å². The van der Waals surface area contributed by atoms with Crippen molar-refractivity contribution in [2.24, 2.45) is 0 Å². The Labute approximate surface area is 132 Å². The van der Waals surface area contributed by atoms with Crippen molar-refractivity contribution < 1.29 is 22.7 Å². The lowest BCUT2D eigenvalue weighted by Gasteiger charge is -2.11. The minimum atomic E-state index is -4.48. The first-order valence-corrected chi connectivity index (χ1v) is 6.77. The standard InChI is InChI=1S/C15H18F3N3O2/c1-9(2)20-14(22)21-10(3)7-13(19)23-12-6-4-5-11(8-12)15(16,17)18/h4-9,19H,1-3H3,(H2,20,21,22)/b10-7-,19-13?. The number of nitrogens with one attached hydrogen (secondary N) is 3. The van der Waals surface area contributed by atoms with Gasteiger partial charge in [0.1, 0.15) is 5.75 Å². The normalized spacial score (nSPS) is 12.0.